The molecule has 0 fully saturated rings. The van der Waals surface area contributed by atoms with E-state index in [-0.39, 0.29) is 18.2 Å². The molecule has 142 valence electrons. The Morgan fingerprint density at radius 2 is 1.85 bits per heavy atom. The first-order valence-corrected chi connectivity index (χ1v) is 10.4. The summed E-state index contributed by atoms with van der Waals surface area (Å²) in [5.41, 5.74) is 3.81. The van der Waals surface area contributed by atoms with Crippen molar-refractivity contribution in [2.24, 2.45) is 0 Å². The van der Waals surface area contributed by atoms with Gasteiger partial charge in [0.2, 0.25) is 21.7 Å². The average molecular weight is 385 g/mol. The van der Waals surface area contributed by atoms with Crippen LogP contribution < -0.4 is 4.72 Å². The smallest absolute Gasteiger partial charge is 0.242 e. The van der Waals surface area contributed by atoms with E-state index >= 15 is 0 Å². The highest BCUT2D eigenvalue weighted by Crippen LogP contribution is 2.20. The maximum Gasteiger partial charge on any atom is 0.242 e. The molecule has 0 saturated heterocycles. The molecule has 0 unspecified atom stereocenters. The van der Waals surface area contributed by atoms with Crippen LogP contribution in [0, 0.1) is 6.92 Å². The summed E-state index contributed by atoms with van der Waals surface area (Å²) in [7, 11) is -3.50. The normalized spacial score (nSPS) is 11.9. The maximum atomic E-state index is 12.3. The van der Waals surface area contributed by atoms with Crippen LogP contribution in [0.25, 0.3) is 11.4 Å². The van der Waals surface area contributed by atoms with Crippen molar-refractivity contribution in [3.8, 4) is 11.4 Å². The Morgan fingerprint density at radius 3 is 2.52 bits per heavy atom. The highest BCUT2D eigenvalue weighted by molar-refractivity contribution is 7.88. The van der Waals surface area contributed by atoms with E-state index in [1.165, 1.54) is 5.56 Å². The number of nitrogens with zero attached hydrogens (tertiary/aromatic N) is 2. The molecule has 6 nitrogen and oxygen atoms in total. The number of benzene rings is 2. The number of nitrogens with one attached hydrogen (secondary N) is 1. The monoisotopic (exact) mass is 385 g/mol. The van der Waals surface area contributed by atoms with Crippen LogP contribution in [0.2, 0.25) is 0 Å². The molecule has 3 rings (SSSR count). The third-order valence-corrected chi connectivity index (χ3v) is 5.48. The molecule has 0 spiro atoms. The minimum atomic E-state index is -3.50. The van der Waals surface area contributed by atoms with Gasteiger partial charge in [0.25, 0.3) is 0 Å². The predicted molar refractivity (Wildman–Crippen MR) is 104 cm³/mol. The van der Waals surface area contributed by atoms with Crippen molar-refractivity contribution in [1.82, 2.24) is 14.9 Å². The lowest BCUT2D eigenvalue weighted by atomic mass is 10.0. The zero-order valence-corrected chi connectivity index (χ0v) is 16.5. The first kappa shape index (κ1) is 19.3. The molecule has 0 aliphatic heterocycles. The van der Waals surface area contributed by atoms with Gasteiger partial charge in [0.15, 0.2) is 0 Å². The van der Waals surface area contributed by atoms with Crippen molar-refractivity contribution in [2.75, 3.05) is 0 Å². The van der Waals surface area contributed by atoms with E-state index in [0.717, 1.165) is 16.7 Å². The molecule has 0 saturated carbocycles. The molecule has 0 amide bonds. The Balaban J connectivity index is 1.63. The summed E-state index contributed by atoms with van der Waals surface area (Å²) < 4.78 is 32.2. The molecule has 0 aliphatic rings. The SMILES string of the molecule is Cc1cccc(CS(=O)(=O)NCc2nc(-c3ccc(C(C)C)cc3)no2)c1. The highest BCUT2D eigenvalue weighted by atomic mass is 32.2. The van der Waals surface area contributed by atoms with E-state index in [1.807, 2.05) is 49.4 Å². The molecular weight excluding hydrogens is 362 g/mol. The second-order valence-corrected chi connectivity index (χ2v) is 8.66. The van der Waals surface area contributed by atoms with Gasteiger partial charge in [-0.1, -0.05) is 73.1 Å². The van der Waals surface area contributed by atoms with E-state index in [4.69, 9.17) is 4.52 Å². The van der Waals surface area contributed by atoms with Crippen LogP contribution in [0.15, 0.2) is 53.1 Å². The number of hydrogen-bond acceptors (Lipinski definition) is 5. The standard InChI is InChI=1S/C20H23N3O3S/c1-14(2)17-7-9-18(10-8-17)20-22-19(26-23-20)12-21-27(24,25)13-16-6-4-5-15(3)11-16/h4-11,14,21H,12-13H2,1-3H3. The van der Waals surface area contributed by atoms with E-state index in [9.17, 15) is 8.42 Å². The first-order chi connectivity index (χ1) is 12.8. The third-order valence-electron chi connectivity index (χ3n) is 4.19. The van der Waals surface area contributed by atoms with Gasteiger partial charge in [-0.3, -0.25) is 0 Å². The predicted octanol–water partition coefficient (Wildman–Crippen LogP) is 3.79. The van der Waals surface area contributed by atoms with Crippen molar-refractivity contribution >= 4 is 10.0 Å². The highest BCUT2D eigenvalue weighted by Gasteiger charge is 2.15. The third kappa shape index (κ3) is 5.24. The van der Waals surface area contributed by atoms with Gasteiger partial charge in [-0.15, -0.1) is 0 Å². The van der Waals surface area contributed by atoms with Gasteiger partial charge in [-0.2, -0.15) is 4.98 Å². The molecule has 2 aromatic carbocycles. The van der Waals surface area contributed by atoms with Crippen molar-refractivity contribution in [3.63, 3.8) is 0 Å². The van der Waals surface area contributed by atoms with Gasteiger partial charge in [0.05, 0.1) is 12.3 Å². The largest absolute Gasteiger partial charge is 0.338 e. The summed E-state index contributed by atoms with van der Waals surface area (Å²) in [5, 5.41) is 3.94. The van der Waals surface area contributed by atoms with E-state index in [2.05, 4.69) is 28.7 Å². The van der Waals surface area contributed by atoms with E-state index in [1.54, 1.807) is 6.07 Å². The zero-order valence-electron chi connectivity index (χ0n) is 15.6. The van der Waals surface area contributed by atoms with Gasteiger partial charge in [-0.05, 0) is 24.0 Å². The van der Waals surface area contributed by atoms with Gasteiger partial charge in [-0.25, -0.2) is 13.1 Å². The molecule has 1 heterocycles. The van der Waals surface area contributed by atoms with Gasteiger partial charge in [0.1, 0.15) is 0 Å². The van der Waals surface area contributed by atoms with E-state index in [0.29, 0.717) is 11.7 Å². The number of hydrogen-bond donors (Lipinski definition) is 1. The Kier molecular flexibility index (Phi) is 5.72. The second-order valence-electron chi connectivity index (χ2n) is 6.86. The lowest BCUT2D eigenvalue weighted by molar-refractivity contribution is 0.376. The van der Waals surface area contributed by atoms with Crippen LogP contribution in [0.4, 0.5) is 0 Å². The summed E-state index contributed by atoms with van der Waals surface area (Å²) in [6.45, 7) is 6.15. The Hall–Kier alpha value is -2.51. The Bertz CT molecular complexity index is 1010. The fourth-order valence-corrected chi connectivity index (χ4v) is 3.77. The minimum absolute atomic E-state index is 0.0365. The van der Waals surface area contributed by atoms with Crippen LogP contribution in [0.1, 0.15) is 42.3 Å². The summed E-state index contributed by atoms with van der Waals surface area (Å²) in [5.74, 6) is 1.03. The van der Waals surface area contributed by atoms with Crippen LogP contribution in [-0.4, -0.2) is 18.6 Å². The van der Waals surface area contributed by atoms with Crippen LogP contribution >= 0.6 is 0 Å². The van der Waals surface area contributed by atoms with Crippen LogP contribution in [-0.2, 0) is 22.3 Å². The van der Waals surface area contributed by atoms with Crippen molar-refractivity contribution < 1.29 is 12.9 Å². The summed E-state index contributed by atoms with van der Waals surface area (Å²) >= 11 is 0. The second kappa shape index (κ2) is 8.02. The lowest BCUT2D eigenvalue weighted by Crippen LogP contribution is -2.24. The molecule has 0 aliphatic carbocycles. The number of aromatic nitrogens is 2. The topological polar surface area (TPSA) is 85.1 Å². The lowest BCUT2D eigenvalue weighted by Gasteiger charge is -2.05. The summed E-state index contributed by atoms with van der Waals surface area (Å²) in [6.07, 6.45) is 0. The molecule has 27 heavy (non-hydrogen) atoms. The number of sulfonamides is 1. The summed E-state index contributed by atoms with van der Waals surface area (Å²) in [4.78, 5) is 4.27. The molecule has 1 aromatic heterocycles. The minimum Gasteiger partial charge on any atom is -0.338 e. The molecular formula is C20H23N3O3S. The molecule has 3 aromatic rings. The summed E-state index contributed by atoms with van der Waals surface area (Å²) in [6, 6.07) is 15.3. The van der Waals surface area contributed by atoms with Gasteiger partial charge >= 0.3 is 0 Å². The molecule has 0 atom stereocenters. The number of aryl methyl sites for hydroxylation is 1. The molecule has 0 radical (unpaired) electrons. The first-order valence-electron chi connectivity index (χ1n) is 8.78. The average Bonchev–Trinajstić information content (AvgIpc) is 3.09. The number of rotatable bonds is 7. The molecule has 7 heteroatoms. The van der Waals surface area contributed by atoms with Gasteiger partial charge in [0, 0.05) is 5.56 Å². The zero-order chi connectivity index (χ0) is 19.4. The Morgan fingerprint density at radius 1 is 1.11 bits per heavy atom. The maximum absolute atomic E-state index is 12.3. The fraction of sp³-hybridized carbons (Fsp3) is 0.300. The Labute approximate surface area is 159 Å². The van der Waals surface area contributed by atoms with Crippen molar-refractivity contribution in [1.29, 1.82) is 0 Å². The fourth-order valence-electron chi connectivity index (χ4n) is 2.71. The molecule has 1 N–H and O–H groups in total. The van der Waals surface area contributed by atoms with Crippen LogP contribution in [0.5, 0.6) is 0 Å². The van der Waals surface area contributed by atoms with Crippen molar-refractivity contribution in [2.45, 2.75) is 39.0 Å². The van der Waals surface area contributed by atoms with Crippen LogP contribution in [0.3, 0.4) is 0 Å². The molecule has 0 bridgehead atoms. The quantitative estimate of drug-likeness (QED) is 0.669. The van der Waals surface area contributed by atoms with Crippen molar-refractivity contribution in [3.05, 3.63) is 71.1 Å². The van der Waals surface area contributed by atoms with E-state index < -0.39 is 10.0 Å². The van der Waals surface area contributed by atoms with Gasteiger partial charge < -0.3 is 4.52 Å².